The van der Waals surface area contributed by atoms with Crippen molar-refractivity contribution in [2.75, 3.05) is 18.0 Å². The van der Waals surface area contributed by atoms with E-state index in [9.17, 15) is 5.11 Å². The summed E-state index contributed by atoms with van der Waals surface area (Å²) >= 11 is 1.63. The molecule has 3 heterocycles. The number of rotatable bonds is 3. The molecule has 0 saturated carbocycles. The lowest BCUT2D eigenvalue weighted by atomic mass is 9.91. The average Bonchev–Trinajstić information content (AvgIpc) is 2.98. The zero-order valence-electron chi connectivity index (χ0n) is 12.3. The van der Waals surface area contributed by atoms with Crippen molar-refractivity contribution in [3.05, 3.63) is 42.7 Å². The second-order valence-electron chi connectivity index (χ2n) is 5.81. The van der Waals surface area contributed by atoms with Crippen LogP contribution in [0.4, 0.5) is 5.82 Å². The van der Waals surface area contributed by atoms with Crippen LogP contribution in [-0.2, 0) is 0 Å². The maximum atomic E-state index is 10.2. The van der Waals surface area contributed by atoms with Gasteiger partial charge in [0.15, 0.2) is 0 Å². The Morgan fingerprint density at radius 2 is 2.04 bits per heavy atom. The largest absolute Gasteiger partial charge is 0.385 e. The lowest BCUT2D eigenvalue weighted by Crippen LogP contribution is -2.62. The number of fused-ring (bicyclic) bond motifs is 1. The highest BCUT2D eigenvalue weighted by Gasteiger charge is 2.42. The summed E-state index contributed by atoms with van der Waals surface area (Å²) in [5.74, 6) is 0.830. The molecule has 4 rings (SSSR count). The Bertz CT molecular complexity index is 894. The van der Waals surface area contributed by atoms with Gasteiger partial charge in [-0.15, -0.1) is 11.3 Å². The van der Waals surface area contributed by atoms with Gasteiger partial charge in [0.25, 0.3) is 0 Å². The Kier molecular flexibility index (Phi) is 3.26. The normalized spacial score (nSPS) is 16.1. The van der Waals surface area contributed by atoms with Gasteiger partial charge >= 0.3 is 0 Å². The highest BCUT2D eigenvalue weighted by molar-refractivity contribution is 7.21. The van der Waals surface area contributed by atoms with E-state index in [4.69, 9.17) is 5.26 Å². The van der Waals surface area contributed by atoms with E-state index in [2.05, 4.69) is 28.2 Å². The van der Waals surface area contributed by atoms with Gasteiger partial charge in [0.05, 0.1) is 31.0 Å². The molecular weight excluding hydrogens is 308 g/mol. The van der Waals surface area contributed by atoms with Crippen molar-refractivity contribution in [1.29, 1.82) is 5.26 Å². The molecular formula is C17H14N4OS. The number of thiophene rings is 1. The van der Waals surface area contributed by atoms with Crippen molar-refractivity contribution in [2.45, 2.75) is 12.0 Å². The predicted octanol–water partition coefficient (Wildman–Crippen LogP) is 2.82. The van der Waals surface area contributed by atoms with Crippen molar-refractivity contribution >= 4 is 27.4 Å². The van der Waals surface area contributed by atoms with Crippen LogP contribution in [-0.4, -0.2) is 33.8 Å². The Morgan fingerprint density at radius 1 is 1.26 bits per heavy atom. The number of hydrogen-bond donors (Lipinski definition) is 1. The molecule has 1 aliphatic rings. The molecule has 1 saturated heterocycles. The van der Waals surface area contributed by atoms with E-state index in [1.807, 2.05) is 29.2 Å². The SMILES string of the molecule is N#CCC1(O)CN(c2ncnc3sc(-c4ccccc4)cc23)C1. The van der Waals surface area contributed by atoms with Gasteiger partial charge < -0.3 is 10.0 Å². The number of nitriles is 1. The topological polar surface area (TPSA) is 73.0 Å². The molecule has 0 aliphatic carbocycles. The molecule has 0 unspecified atom stereocenters. The van der Waals surface area contributed by atoms with Gasteiger partial charge in [0.2, 0.25) is 0 Å². The number of hydrogen-bond acceptors (Lipinski definition) is 6. The maximum Gasteiger partial charge on any atom is 0.140 e. The average molecular weight is 322 g/mol. The summed E-state index contributed by atoms with van der Waals surface area (Å²) < 4.78 is 0. The maximum absolute atomic E-state index is 10.2. The van der Waals surface area contributed by atoms with Gasteiger partial charge in [-0.2, -0.15) is 5.26 Å². The van der Waals surface area contributed by atoms with Crippen LogP contribution in [0.15, 0.2) is 42.7 Å². The predicted molar refractivity (Wildman–Crippen MR) is 90.2 cm³/mol. The molecule has 23 heavy (non-hydrogen) atoms. The van der Waals surface area contributed by atoms with Crippen LogP contribution in [0, 0.1) is 11.3 Å². The second-order valence-corrected chi connectivity index (χ2v) is 6.84. The molecule has 5 nitrogen and oxygen atoms in total. The molecule has 0 spiro atoms. The fourth-order valence-electron chi connectivity index (χ4n) is 2.91. The molecule has 3 aromatic rings. The number of nitrogens with zero attached hydrogens (tertiary/aromatic N) is 4. The lowest BCUT2D eigenvalue weighted by molar-refractivity contribution is 0.0164. The van der Waals surface area contributed by atoms with Crippen molar-refractivity contribution in [3.8, 4) is 16.5 Å². The molecule has 0 bridgehead atoms. The first-order valence-corrected chi connectivity index (χ1v) is 8.14. The van der Waals surface area contributed by atoms with Gasteiger partial charge in [0, 0.05) is 4.88 Å². The molecule has 114 valence electrons. The Balaban J connectivity index is 1.70. The lowest BCUT2D eigenvalue weighted by Gasteiger charge is -2.46. The molecule has 2 aromatic heterocycles. The number of benzene rings is 1. The van der Waals surface area contributed by atoms with Crippen LogP contribution >= 0.6 is 11.3 Å². The molecule has 1 fully saturated rings. The van der Waals surface area contributed by atoms with Crippen LogP contribution in [0.2, 0.25) is 0 Å². The summed E-state index contributed by atoms with van der Waals surface area (Å²) in [5.41, 5.74) is 0.246. The molecule has 0 atom stereocenters. The van der Waals surface area contributed by atoms with Crippen molar-refractivity contribution in [1.82, 2.24) is 9.97 Å². The summed E-state index contributed by atoms with van der Waals surface area (Å²) in [6.45, 7) is 0.867. The molecule has 1 aliphatic heterocycles. The van der Waals surface area contributed by atoms with E-state index in [1.165, 1.54) is 0 Å². The van der Waals surface area contributed by atoms with Crippen molar-refractivity contribution in [3.63, 3.8) is 0 Å². The monoisotopic (exact) mass is 322 g/mol. The first-order chi connectivity index (χ1) is 11.2. The van der Waals surface area contributed by atoms with Crippen LogP contribution < -0.4 is 4.90 Å². The second kappa shape index (κ2) is 5.30. The number of aliphatic hydroxyl groups is 1. The zero-order chi connectivity index (χ0) is 15.9. The number of anilines is 1. The minimum Gasteiger partial charge on any atom is -0.385 e. The fourth-order valence-corrected chi connectivity index (χ4v) is 3.91. The fraction of sp³-hybridized carbons (Fsp3) is 0.235. The first kappa shape index (κ1) is 14.1. The Labute approximate surface area is 137 Å². The Morgan fingerprint density at radius 3 is 2.78 bits per heavy atom. The van der Waals surface area contributed by atoms with Gasteiger partial charge in [-0.3, -0.25) is 0 Å². The van der Waals surface area contributed by atoms with Crippen molar-refractivity contribution in [2.24, 2.45) is 0 Å². The first-order valence-electron chi connectivity index (χ1n) is 7.33. The molecule has 1 N–H and O–H groups in total. The Hall–Kier alpha value is -2.49. The smallest absolute Gasteiger partial charge is 0.140 e. The zero-order valence-corrected chi connectivity index (χ0v) is 13.1. The van der Waals surface area contributed by atoms with Gasteiger partial charge in [-0.1, -0.05) is 30.3 Å². The minimum atomic E-state index is -0.912. The summed E-state index contributed by atoms with van der Waals surface area (Å²) in [5, 5.41) is 20.0. The van der Waals surface area contributed by atoms with Crippen molar-refractivity contribution < 1.29 is 5.11 Å². The number of β-amino-alcohol motifs (C(OH)–C–C–N with tert-alkyl or cyclic N) is 1. The molecule has 0 radical (unpaired) electrons. The van der Waals surface area contributed by atoms with E-state index >= 15 is 0 Å². The molecule has 0 amide bonds. The third-order valence-corrected chi connectivity index (χ3v) is 5.14. The van der Waals surface area contributed by atoms with Crippen LogP contribution in [0.25, 0.3) is 20.7 Å². The van der Waals surface area contributed by atoms with Gasteiger partial charge in [-0.25, -0.2) is 9.97 Å². The van der Waals surface area contributed by atoms with Crippen LogP contribution in [0.1, 0.15) is 6.42 Å². The molecule has 1 aromatic carbocycles. The summed E-state index contributed by atoms with van der Waals surface area (Å²) in [6, 6.07) is 14.3. The van der Waals surface area contributed by atoms with Crippen LogP contribution in [0.3, 0.4) is 0 Å². The van der Waals surface area contributed by atoms with E-state index in [1.54, 1.807) is 17.7 Å². The standard InChI is InChI=1S/C17H14N4OS/c18-7-6-17(22)9-21(10-17)15-13-8-14(12-4-2-1-3-5-12)23-16(13)20-11-19-15/h1-5,8,11,22H,6,9-10H2. The summed E-state index contributed by atoms with van der Waals surface area (Å²) in [4.78, 5) is 12.8. The third-order valence-electron chi connectivity index (χ3n) is 4.04. The highest BCUT2D eigenvalue weighted by Crippen LogP contribution is 2.38. The molecule has 6 heteroatoms. The summed E-state index contributed by atoms with van der Waals surface area (Å²) in [6.07, 6.45) is 1.71. The highest BCUT2D eigenvalue weighted by atomic mass is 32.1. The van der Waals surface area contributed by atoms with Gasteiger partial charge in [-0.05, 0) is 11.6 Å². The van der Waals surface area contributed by atoms with Crippen LogP contribution in [0.5, 0.6) is 0 Å². The van der Waals surface area contributed by atoms with E-state index < -0.39 is 5.60 Å². The number of aromatic nitrogens is 2. The minimum absolute atomic E-state index is 0.149. The van der Waals surface area contributed by atoms with E-state index in [-0.39, 0.29) is 6.42 Å². The van der Waals surface area contributed by atoms with E-state index in [0.29, 0.717) is 13.1 Å². The quantitative estimate of drug-likeness (QED) is 0.802. The van der Waals surface area contributed by atoms with E-state index in [0.717, 1.165) is 26.5 Å². The summed E-state index contributed by atoms with van der Waals surface area (Å²) in [7, 11) is 0. The third kappa shape index (κ3) is 2.44. The van der Waals surface area contributed by atoms with Gasteiger partial charge in [0.1, 0.15) is 22.6 Å².